The summed E-state index contributed by atoms with van der Waals surface area (Å²) in [5, 5.41) is 5.05. The number of carbonyl (C=O) groups is 1. The van der Waals surface area contributed by atoms with Crippen molar-refractivity contribution in [3.05, 3.63) is 65.0 Å². The third kappa shape index (κ3) is 5.34. The van der Waals surface area contributed by atoms with Gasteiger partial charge in [-0.15, -0.1) is 0 Å². The van der Waals surface area contributed by atoms with Gasteiger partial charge in [0, 0.05) is 37.3 Å². The van der Waals surface area contributed by atoms with Crippen LogP contribution in [0.5, 0.6) is 0 Å². The lowest BCUT2D eigenvalue weighted by atomic mass is 10.1. The molecule has 0 spiro atoms. The highest BCUT2D eigenvalue weighted by atomic mass is 32.2. The second-order valence-corrected chi connectivity index (χ2v) is 11.5. The zero-order chi connectivity index (χ0) is 25.0. The van der Waals surface area contributed by atoms with Gasteiger partial charge < -0.3 is 9.64 Å². The van der Waals surface area contributed by atoms with Crippen LogP contribution in [-0.2, 0) is 14.8 Å². The van der Waals surface area contributed by atoms with Crippen molar-refractivity contribution < 1.29 is 17.9 Å². The van der Waals surface area contributed by atoms with Crippen LogP contribution in [0.3, 0.4) is 0 Å². The van der Waals surface area contributed by atoms with Gasteiger partial charge in [0.1, 0.15) is 0 Å². The molecule has 0 unspecified atom stereocenters. The van der Waals surface area contributed by atoms with E-state index < -0.39 is 15.9 Å². The van der Waals surface area contributed by atoms with Gasteiger partial charge in [-0.3, -0.25) is 4.79 Å². The van der Waals surface area contributed by atoms with Gasteiger partial charge >= 0.3 is 0 Å². The second-order valence-electron chi connectivity index (χ2n) is 8.51. The molecule has 11 heteroatoms. The van der Waals surface area contributed by atoms with Crippen LogP contribution in [0, 0.1) is 0 Å². The maximum absolute atomic E-state index is 12.9. The van der Waals surface area contributed by atoms with Crippen molar-refractivity contribution in [2.24, 2.45) is 5.10 Å². The lowest BCUT2D eigenvalue weighted by Gasteiger charge is -2.26. The molecule has 0 aliphatic carbocycles. The maximum Gasteiger partial charge on any atom is 0.271 e. The summed E-state index contributed by atoms with van der Waals surface area (Å²) in [6.45, 7) is 3.87. The number of carbonyl (C=O) groups excluding carboxylic acids is 1. The summed E-state index contributed by atoms with van der Waals surface area (Å²) in [4.78, 5) is 20.7. The molecule has 5 rings (SSSR count). The Kier molecular flexibility index (Phi) is 7.42. The van der Waals surface area contributed by atoms with Crippen molar-refractivity contribution in [2.45, 2.75) is 17.7 Å². The Labute approximate surface area is 214 Å². The number of nitrogens with one attached hydrogen (secondary N) is 1. The van der Waals surface area contributed by atoms with Crippen molar-refractivity contribution in [1.29, 1.82) is 0 Å². The number of sulfonamides is 1. The largest absolute Gasteiger partial charge is 0.378 e. The Balaban J connectivity index is 1.34. The number of thiazole rings is 1. The molecule has 188 valence electrons. The first kappa shape index (κ1) is 24.6. The summed E-state index contributed by atoms with van der Waals surface area (Å²) >= 11 is 1.50. The number of nitrogens with zero attached hydrogens (tertiary/aromatic N) is 4. The highest BCUT2D eigenvalue weighted by molar-refractivity contribution is 7.89. The minimum Gasteiger partial charge on any atom is -0.378 e. The Hall–Kier alpha value is -3.12. The van der Waals surface area contributed by atoms with Crippen LogP contribution in [0.4, 0.5) is 5.13 Å². The number of benzene rings is 2. The van der Waals surface area contributed by atoms with E-state index in [1.165, 1.54) is 27.8 Å². The molecule has 2 saturated heterocycles. The lowest BCUT2D eigenvalue weighted by Crippen LogP contribution is -2.36. The van der Waals surface area contributed by atoms with Crippen LogP contribution in [0.1, 0.15) is 28.1 Å². The average Bonchev–Trinajstić information content (AvgIpc) is 3.61. The molecule has 2 fully saturated rings. The number of aromatic nitrogens is 1. The van der Waals surface area contributed by atoms with Gasteiger partial charge in [-0.2, -0.15) is 9.41 Å². The molecule has 1 aromatic heterocycles. The zero-order valence-corrected chi connectivity index (χ0v) is 21.3. The molecule has 0 bridgehead atoms. The molecule has 0 saturated carbocycles. The van der Waals surface area contributed by atoms with Crippen LogP contribution in [0.25, 0.3) is 11.3 Å². The summed E-state index contributed by atoms with van der Waals surface area (Å²) in [5.74, 6) is -0.482. The van der Waals surface area contributed by atoms with E-state index in [-0.39, 0.29) is 10.5 Å². The van der Waals surface area contributed by atoms with E-state index in [0.29, 0.717) is 26.3 Å². The third-order valence-electron chi connectivity index (χ3n) is 6.12. The Bertz CT molecular complexity index is 1350. The van der Waals surface area contributed by atoms with E-state index in [9.17, 15) is 13.2 Å². The normalized spacial score (nSPS) is 17.1. The lowest BCUT2D eigenvalue weighted by molar-refractivity contribution is 0.0955. The van der Waals surface area contributed by atoms with Gasteiger partial charge in [0.2, 0.25) is 10.0 Å². The molecule has 3 aromatic rings. The van der Waals surface area contributed by atoms with Crippen LogP contribution < -0.4 is 10.3 Å². The smallest absolute Gasteiger partial charge is 0.271 e. The van der Waals surface area contributed by atoms with Crippen LogP contribution in [0.15, 0.2) is 64.6 Å². The van der Waals surface area contributed by atoms with Crippen molar-refractivity contribution in [3.8, 4) is 11.3 Å². The number of amides is 1. The van der Waals surface area contributed by atoms with Gasteiger partial charge in [0.05, 0.1) is 34.9 Å². The Morgan fingerprint density at radius 2 is 1.78 bits per heavy atom. The number of hydrogen-bond acceptors (Lipinski definition) is 8. The number of ether oxygens (including phenoxy) is 1. The van der Waals surface area contributed by atoms with Crippen LogP contribution >= 0.6 is 11.3 Å². The summed E-state index contributed by atoms with van der Waals surface area (Å²) in [7, 11) is -3.61. The molecule has 2 aliphatic heterocycles. The summed E-state index contributed by atoms with van der Waals surface area (Å²) in [6.07, 6.45) is 3.29. The number of rotatable bonds is 7. The van der Waals surface area contributed by atoms with Gasteiger partial charge in [0.15, 0.2) is 5.13 Å². The summed E-state index contributed by atoms with van der Waals surface area (Å²) < 4.78 is 32.6. The predicted molar refractivity (Wildman–Crippen MR) is 140 cm³/mol. The predicted octanol–water partition coefficient (Wildman–Crippen LogP) is 3.20. The number of hydrazone groups is 1. The van der Waals surface area contributed by atoms with E-state index in [4.69, 9.17) is 9.72 Å². The molecule has 0 atom stereocenters. The minimum atomic E-state index is -3.61. The van der Waals surface area contributed by atoms with Crippen molar-refractivity contribution >= 4 is 38.6 Å². The third-order valence-corrected chi connectivity index (χ3v) is 9.06. The van der Waals surface area contributed by atoms with Crippen molar-refractivity contribution in [3.63, 3.8) is 0 Å². The summed E-state index contributed by atoms with van der Waals surface area (Å²) in [5.41, 5.74) is 4.51. The Morgan fingerprint density at radius 1 is 1.03 bits per heavy atom. The fourth-order valence-corrected chi connectivity index (χ4v) is 6.76. The molecule has 36 heavy (non-hydrogen) atoms. The van der Waals surface area contributed by atoms with Crippen LogP contribution in [0.2, 0.25) is 0 Å². The first-order valence-electron chi connectivity index (χ1n) is 11.8. The molecule has 1 N–H and O–H groups in total. The van der Waals surface area contributed by atoms with Crippen LogP contribution in [-0.4, -0.2) is 69.2 Å². The van der Waals surface area contributed by atoms with Crippen molar-refractivity contribution in [1.82, 2.24) is 14.7 Å². The minimum absolute atomic E-state index is 0.116. The zero-order valence-electron chi connectivity index (χ0n) is 19.7. The van der Waals surface area contributed by atoms with E-state index in [1.807, 2.05) is 30.3 Å². The number of hydrogen-bond donors (Lipinski definition) is 1. The second kappa shape index (κ2) is 10.9. The van der Waals surface area contributed by atoms with Gasteiger partial charge in [-0.25, -0.2) is 18.8 Å². The maximum atomic E-state index is 12.9. The van der Waals surface area contributed by atoms with Gasteiger partial charge in [-0.05, 0) is 31.0 Å². The monoisotopic (exact) mass is 525 g/mol. The molecule has 2 aliphatic rings. The highest BCUT2D eigenvalue weighted by Gasteiger charge is 2.27. The Morgan fingerprint density at radius 3 is 2.53 bits per heavy atom. The fraction of sp³-hybridized carbons (Fsp3) is 0.320. The first-order chi connectivity index (χ1) is 17.5. The van der Waals surface area contributed by atoms with E-state index in [0.717, 1.165) is 47.2 Å². The molecular weight excluding hydrogens is 498 g/mol. The number of anilines is 1. The van der Waals surface area contributed by atoms with E-state index >= 15 is 0 Å². The highest BCUT2D eigenvalue weighted by Crippen LogP contribution is 2.32. The fourth-order valence-electron chi connectivity index (χ4n) is 4.19. The van der Waals surface area contributed by atoms with Crippen molar-refractivity contribution in [2.75, 3.05) is 44.3 Å². The average molecular weight is 526 g/mol. The summed E-state index contributed by atoms with van der Waals surface area (Å²) in [6, 6.07) is 15.9. The SMILES string of the molecule is O=C(NN=Cc1sc(N2CCOCC2)nc1-c1ccccc1)c1cccc(S(=O)(=O)N2CCCC2)c1. The van der Waals surface area contributed by atoms with Gasteiger partial charge in [-0.1, -0.05) is 47.7 Å². The first-order valence-corrected chi connectivity index (χ1v) is 14.1. The quantitative estimate of drug-likeness (QED) is 0.375. The topological polar surface area (TPSA) is 104 Å². The molecule has 0 radical (unpaired) electrons. The molecule has 2 aromatic carbocycles. The van der Waals surface area contributed by atoms with E-state index in [1.54, 1.807) is 18.3 Å². The molecule has 3 heterocycles. The standard InChI is InChI=1S/C25H27N5O4S2/c31-24(20-9-6-10-21(17-20)36(32,33)30-11-4-5-12-30)28-26-18-22-23(19-7-2-1-3-8-19)27-25(35-22)29-13-15-34-16-14-29/h1-3,6-10,17-18H,4-5,11-16H2,(H,28,31). The van der Waals surface area contributed by atoms with E-state index in [2.05, 4.69) is 15.4 Å². The molecule has 9 nitrogen and oxygen atoms in total. The number of morpholine rings is 1. The molecular formula is C25H27N5O4S2. The molecule has 1 amide bonds. The van der Waals surface area contributed by atoms with Gasteiger partial charge in [0.25, 0.3) is 5.91 Å².